The van der Waals surface area contributed by atoms with Crippen LogP contribution < -0.4 is 27.5 Å². The number of alkyl halides is 2. The Labute approximate surface area is 270 Å². The third kappa shape index (κ3) is 8.21. The third-order valence-corrected chi connectivity index (χ3v) is 8.31. The van der Waals surface area contributed by atoms with Gasteiger partial charge in [0, 0.05) is 38.1 Å². The molecule has 246 valence electrons. The number of hydrazine groups is 1. The SMILES string of the molecule is C=C/C(=C\C(C#N)=C1/CC(NCC(C)(C)C)NC=N1)N[C@H](/C(N)=C/N(N)C1(C(F)F)CC1)/C1=C/C=C\CC2C=C1C=CN(C)C2=O. The molecule has 4 rings (SSSR count). The maximum Gasteiger partial charge on any atom is 0.262 e. The molecule has 1 saturated carbocycles. The first-order valence-electron chi connectivity index (χ1n) is 15.4. The summed E-state index contributed by atoms with van der Waals surface area (Å²) in [7, 11) is 1.70. The molecule has 0 aromatic carbocycles. The Hall–Kier alpha value is -4.47. The molecule has 0 saturated heterocycles. The first-order valence-corrected chi connectivity index (χ1v) is 15.4. The Morgan fingerprint density at radius 2 is 2.13 bits per heavy atom. The Morgan fingerprint density at radius 1 is 1.39 bits per heavy atom. The highest BCUT2D eigenvalue weighted by Gasteiger charge is 2.54. The molecule has 2 bridgehead atoms. The van der Waals surface area contributed by atoms with E-state index in [0.29, 0.717) is 35.4 Å². The van der Waals surface area contributed by atoms with Gasteiger partial charge in [-0.3, -0.25) is 10.1 Å². The van der Waals surface area contributed by atoms with Crippen LogP contribution in [-0.2, 0) is 4.79 Å². The van der Waals surface area contributed by atoms with Gasteiger partial charge in [-0.2, -0.15) is 5.26 Å². The van der Waals surface area contributed by atoms with Crippen molar-refractivity contribution in [3.8, 4) is 6.07 Å². The maximum atomic E-state index is 13.9. The number of allylic oxidation sites excluding steroid dienone is 7. The fourth-order valence-corrected chi connectivity index (χ4v) is 5.32. The molecule has 2 heterocycles. The maximum absolute atomic E-state index is 13.9. The molecule has 3 atom stereocenters. The van der Waals surface area contributed by atoms with Crippen molar-refractivity contribution in [2.45, 2.75) is 70.6 Å². The molecule has 7 N–H and O–H groups in total. The molecular weight excluding hydrogens is 588 g/mol. The summed E-state index contributed by atoms with van der Waals surface area (Å²) in [6.07, 6.45) is 15.9. The van der Waals surface area contributed by atoms with Crippen molar-refractivity contribution >= 4 is 12.2 Å². The van der Waals surface area contributed by atoms with Crippen LogP contribution in [0, 0.1) is 22.7 Å². The van der Waals surface area contributed by atoms with Gasteiger partial charge in [0.15, 0.2) is 0 Å². The average Bonchev–Trinajstić information content (AvgIpc) is 3.83. The van der Waals surface area contributed by atoms with Crippen LogP contribution >= 0.6 is 0 Å². The fraction of sp³-hybridized carbons (Fsp3) is 0.441. The second-order valence-corrected chi connectivity index (χ2v) is 13.2. The standard InChI is InChI=1S/C34H45F2N9O/c1-6-25(16-24(18-37)28-17-29(42-21-41-28)40-20-33(2,3)4)43-30(27(38)19-45(39)34(12-13-34)32(35)36)26-10-8-7-9-23-15-22(26)11-14-44(5)31(23)46/h6-8,10-11,14-16,19,21,23,29-30,32,40,43H,1,9,12-13,17,20,38-39H2,2-5H3,(H,41,42)/b8-7-,25-16+,26-10+,27-19-,28-24-/t23?,29?,30-/m0/s1. The van der Waals surface area contributed by atoms with Gasteiger partial charge < -0.3 is 26.3 Å². The van der Waals surface area contributed by atoms with Crippen LogP contribution in [0.1, 0.15) is 46.5 Å². The number of hydrogen-bond donors (Lipinski definition) is 5. The van der Waals surface area contributed by atoms with Crippen LogP contribution in [0.3, 0.4) is 0 Å². The monoisotopic (exact) mass is 633 g/mol. The molecular formula is C34H45F2N9O. The van der Waals surface area contributed by atoms with Crippen LogP contribution in [0.15, 0.2) is 100 Å². The van der Waals surface area contributed by atoms with Gasteiger partial charge in [0.05, 0.1) is 41.4 Å². The van der Waals surface area contributed by atoms with Crippen molar-refractivity contribution < 1.29 is 13.6 Å². The molecule has 1 amide bonds. The van der Waals surface area contributed by atoms with E-state index in [0.717, 1.165) is 17.1 Å². The molecule has 10 nitrogen and oxygen atoms in total. The number of carbonyl (C=O) groups excluding carboxylic acids is 1. The Balaban J connectivity index is 1.73. The molecule has 2 unspecified atom stereocenters. The highest BCUT2D eigenvalue weighted by Crippen LogP contribution is 2.45. The minimum atomic E-state index is -2.65. The Bertz CT molecular complexity index is 1480. The van der Waals surface area contributed by atoms with Crippen molar-refractivity contribution in [3.05, 3.63) is 95.3 Å². The van der Waals surface area contributed by atoms with E-state index in [1.54, 1.807) is 31.7 Å². The van der Waals surface area contributed by atoms with E-state index in [9.17, 15) is 18.8 Å². The number of aliphatic imine (C=N–C) groups is 1. The van der Waals surface area contributed by atoms with E-state index in [-0.39, 0.29) is 36.0 Å². The van der Waals surface area contributed by atoms with Gasteiger partial charge in [-0.1, -0.05) is 51.7 Å². The topological polar surface area (TPSA) is 148 Å². The number of halogens is 2. The lowest BCUT2D eigenvalue weighted by molar-refractivity contribution is -0.130. The van der Waals surface area contributed by atoms with E-state index in [2.05, 4.69) is 54.4 Å². The molecule has 1 fully saturated rings. The summed E-state index contributed by atoms with van der Waals surface area (Å²) >= 11 is 0. The van der Waals surface area contributed by atoms with Gasteiger partial charge in [0.1, 0.15) is 11.6 Å². The molecule has 12 heteroatoms. The second-order valence-electron chi connectivity index (χ2n) is 13.2. The number of nitriles is 1. The zero-order valence-corrected chi connectivity index (χ0v) is 26.9. The summed E-state index contributed by atoms with van der Waals surface area (Å²) in [5.74, 6) is 5.72. The third-order valence-electron chi connectivity index (χ3n) is 8.31. The molecule has 2 aliphatic heterocycles. The predicted octanol–water partition coefficient (Wildman–Crippen LogP) is 3.96. The van der Waals surface area contributed by atoms with Crippen LogP contribution in [0.25, 0.3) is 0 Å². The Kier molecular flexibility index (Phi) is 10.7. The largest absolute Gasteiger partial charge is 0.399 e. The lowest BCUT2D eigenvalue weighted by atomic mass is 9.89. The van der Waals surface area contributed by atoms with Gasteiger partial charge in [0.2, 0.25) is 5.91 Å². The molecule has 0 aromatic rings. The van der Waals surface area contributed by atoms with Gasteiger partial charge in [-0.15, -0.1) is 0 Å². The molecule has 0 spiro atoms. The summed E-state index contributed by atoms with van der Waals surface area (Å²) in [6, 6.07) is 1.45. The van der Waals surface area contributed by atoms with Gasteiger partial charge in [-0.25, -0.2) is 19.6 Å². The molecule has 46 heavy (non-hydrogen) atoms. The molecule has 4 aliphatic rings. The number of nitrogens with zero attached hydrogens (tertiary/aromatic N) is 4. The minimum Gasteiger partial charge on any atom is -0.399 e. The van der Waals surface area contributed by atoms with E-state index in [1.165, 1.54) is 11.1 Å². The number of nitrogens with one attached hydrogen (secondary N) is 3. The van der Waals surface area contributed by atoms with Gasteiger partial charge >= 0.3 is 0 Å². The van der Waals surface area contributed by atoms with Crippen molar-refractivity contribution in [2.75, 3.05) is 13.6 Å². The number of nitrogens with two attached hydrogens (primary N) is 2. The highest BCUT2D eigenvalue weighted by molar-refractivity contribution is 5.83. The Morgan fingerprint density at radius 3 is 2.76 bits per heavy atom. The highest BCUT2D eigenvalue weighted by atomic mass is 19.3. The van der Waals surface area contributed by atoms with Crippen LogP contribution in [0.2, 0.25) is 0 Å². The smallest absolute Gasteiger partial charge is 0.262 e. The van der Waals surface area contributed by atoms with Crippen LogP contribution in [-0.4, -0.2) is 59.9 Å². The molecule has 0 radical (unpaired) electrons. The van der Waals surface area contributed by atoms with Crippen molar-refractivity contribution in [1.82, 2.24) is 25.9 Å². The van der Waals surface area contributed by atoms with Gasteiger partial charge in [-0.05, 0) is 54.1 Å². The quantitative estimate of drug-likeness (QED) is 0.0994. The lowest BCUT2D eigenvalue weighted by Gasteiger charge is -2.30. The van der Waals surface area contributed by atoms with Crippen LogP contribution in [0.4, 0.5) is 8.78 Å². The molecule has 2 aliphatic carbocycles. The van der Waals surface area contributed by atoms with E-state index in [4.69, 9.17) is 11.6 Å². The van der Waals surface area contributed by atoms with E-state index >= 15 is 0 Å². The van der Waals surface area contributed by atoms with E-state index in [1.807, 2.05) is 30.4 Å². The second kappa shape index (κ2) is 14.3. The average molecular weight is 634 g/mol. The number of rotatable bonds is 11. The summed E-state index contributed by atoms with van der Waals surface area (Å²) in [5, 5.41) is 21.2. The number of amides is 1. The van der Waals surface area contributed by atoms with Crippen LogP contribution in [0.5, 0.6) is 0 Å². The van der Waals surface area contributed by atoms with Crippen molar-refractivity contribution in [2.24, 2.45) is 27.9 Å². The summed E-state index contributed by atoms with van der Waals surface area (Å²) in [4.78, 5) is 18.9. The van der Waals surface area contributed by atoms with Gasteiger partial charge in [0.25, 0.3) is 6.43 Å². The fourth-order valence-electron chi connectivity index (χ4n) is 5.32. The van der Waals surface area contributed by atoms with E-state index < -0.39 is 23.9 Å². The zero-order chi connectivity index (χ0) is 33.6. The van der Waals surface area contributed by atoms with Crippen molar-refractivity contribution in [1.29, 1.82) is 5.26 Å². The summed E-state index contributed by atoms with van der Waals surface area (Å²) in [6.45, 7) is 11.1. The molecule has 0 aromatic heterocycles. The van der Waals surface area contributed by atoms with Crippen molar-refractivity contribution in [3.63, 3.8) is 0 Å². The number of carbonyl (C=O) groups is 1. The first kappa shape index (κ1) is 34.4. The zero-order valence-electron chi connectivity index (χ0n) is 26.9. The summed E-state index contributed by atoms with van der Waals surface area (Å²) < 4.78 is 27.8. The first-order chi connectivity index (χ1) is 21.8. The number of hydrogen-bond acceptors (Lipinski definition) is 9. The summed E-state index contributed by atoms with van der Waals surface area (Å²) in [5.41, 5.74) is 8.22. The lowest BCUT2D eigenvalue weighted by Crippen LogP contribution is -2.46. The minimum absolute atomic E-state index is 0.0549. The predicted molar refractivity (Wildman–Crippen MR) is 177 cm³/mol. The number of fused-ring (bicyclic) bond motifs is 1. The normalized spacial score (nSPS) is 26.3.